The number of carbonyl (C=O) groups is 1. The van der Waals surface area contributed by atoms with Crippen molar-refractivity contribution in [2.24, 2.45) is 5.10 Å². The Balaban J connectivity index is 1.61. The summed E-state index contributed by atoms with van der Waals surface area (Å²) in [6, 6.07) is 16.8. The molecule has 0 unspecified atom stereocenters. The largest absolute Gasteiger partial charge is 0.493 e. The molecule has 4 aromatic rings. The molecule has 4 rings (SSSR count). The van der Waals surface area contributed by atoms with Crippen molar-refractivity contribution in [3.05, 3.63) is 66.1 Å². The molecule has 0 atom stereocenters. The van der Waals surface area contributed by atoms with Gasteiger partial charge in [0.1, 0.15) is 11.5 Å². The summed E-state index contributed by atoms with van der Waals surface area (Å²) >= 11 is 1.24. The van der Waals surface area contributed by atoms with Gasteiger partial charge in [-0.05, 0) is 43.3 Å². The van der Waals surface area contributed by atoms with E-state index >= 15 is 0 Å². The van der Waals surface area contributed by atoms with Gasteiger partial charge in [0.25, 0.3) is 5.91 Å². The summed E-state index contributed by atoms with van der Waals surface area (Å²) in [5.74, 6) is 3.12. The molecule has 1 amide bonds. The Labute approximate surface area is 212 Å². The van der Waals surface area contributed by atoms with Crippen LogP contribution in [0.25, 0.3) is 17.1 Å². The average Bonchev–Trinajstić information content (AvgIpc) is 3.52. The van der Waals surface area contributed by atoms with Crippen LogP contribution in [0.4, 0.5) is 0 Å². The van der Waals surface area contributed by atoms with E-state index in [-0.39, 0.29) is 11.7 Å². The molecule has 0 bridgehead atoms. The Kier molecular flexibility index (Phi) is 7.91. The zero-order valence-electron chi connectivity index (χ0n) is 20.2. The molecule has 0 radical (unpaired) electrons. The van der Waals surface area contributed by atoms with Crippen LogP contribution >= 0.6 is 11.8 Å². The summed E-state index contributed by atoms with van der Waals surface area (Å²) < 4.78 is 23.7. The zero-order valence-corrected chi connectivity index (χ0v) is 21.0. The van der Waals surface area contributed by atoms with Gasteiger partial charge in [0.05, 0.1) is 33.3 Å². The second-order valence-corrected chi connectivity index (χ2v) is 8.36. The van der Waals surface area contributed by atoms with E-state index in [0.29, 0.717) is 39.6 Å². The van der Waals surface area contributed by atoms with Gasteiger partial charge < -0.3 is 18.6 Å². The molecule has 36 heavy (non-hydrogen) atoms. The lowest BCUT2D eigenvalue weighted by molar-refractivity contribution is -0.118. The molecule has 2 heterocycles. The maximum Gasteiger partial charge on any atom is 0.250 e. The van der Waals surface area contributed by atoms with Crippen molar-refractivity contribution in [3.8, 4) is 34.3 Å². The summed E-state index contributed by atoms with van der Waals surface area (Å²) in [4.78, 5) is 12.4. The van der Waals surface area contributed by atoms with Gasteiger partial charge in [-0.1, -0.05) is 30.0 Å². The van der Waals surface area contributed by atoms with Crippen molar-refractivity contribution >= 4 is 23.9 Å². The van der Waals surface area contributed by atoms with Crippen molar-refractivity contribution in [3.63, 3.8) is 0 Å². The molecule has 1 N–H and O–H groups in total. The number of aryl methyl sites for hydroxylation is 1. The molecule has 2 aromatic heterocycles. The highest BCUT2D eigenvalue weighted by Gasteiger charge is 2.21. The second-order valence-electron chi connectivity index (χ2n) is 7.42. The highest BCUT2D eigenvalue weighted by Crippen LogP contribution is 2.41. The molecule has 0 spiro atoms. The molecular formula is C25H25N5O5S. The number of furan rings is 1. The molecular weight excluding hydrogens is 482 g/mol. The Hall–Kier alpha value is -4.25. The van der Waals surface area contributed by atoms with Crippen LogP contribution in [0.15, 0.2) is 69.3 Å². The number of ether oxygens (including phenoxy) is 3. The molecule has 0 fully saturated rings. The van der Waals surface area contributed by atoms with E-state index < -0.39 is 0 Å². The molecule has 10 nitrogen and oxygen atoms in total. The third-order valence-electron chi connectivity index (χ3n) is 5.05. The van der Waals surface area contributed by atoms with Crippen LogP contribution in [0.2, 0.25) is 0 Å². The molecule has 0 aliphatic rings. The van der Waals surface area contributed by atoms with Gasteiger partial charge >= 0.3 is 0 Å². The van der Waals surface area contributed by atoms with Crippen LogP contribution in [-0.4, -0.2) is 54.0 Å². The Bertz CT molecular complexity index is 1340. The van der Waals surface area contributed by atoms with Crippen LogP contribution in [0.1, 0.15) is 11.5 Å². The number of para-hydroxylation sites is 1. The monoisotopic (exact) mass is 507 g/mol. The highest BCUT2D eigenvalue weighted by atomic mass is 32.2. The number of hydrogen-bond donors (Lipinski definition) is 1. The fourth-order valence-electron chi connectivity index (χ4n) is 3.42. The van der Waals surface area contributed by atoms with Crippen molar-refractivity contribution < 1.29 is 23.4 Å². The van der Waals surface area contributed by atoms with E-state index in [9.17, 15) is 4.79 Å². The predicted molar refractivity (Wildman–Crippen MR) is 136 cm³/mol. The first kappa shape index (κ1) is 24.9. The fraction of sp³-hybridized carbons (Fsp3) is 0.200. The van der Waals surface area contributed by atoms with E-state index in [2.05, 4.69) is 20.7 Å². The normalized spacial score (nSPS) is 11.0. The van der Waals surface area contributed by atoms with Crippen LogP contribution in [0.3, 0.4) is 0 Å². The number of benzene rings is 2. The van der Waals surface area contributed by atoms with Crippen LogP contribution in [0, 0.1) is 6.92 Å². The number of hydrazone groups is 1. The van der Waals surface area contributed by atoms with Gasteiger partial charge in [-0.15, -0.1) is 10.2 Å². The summed E-state index contributed by atoms with van der Waals surface area (Å²) in [5, 5.41) is 13.2. The third-order valence-corrected chi connectivity index (χ3v) is 5.97. The number of methoxy groups -OCH3 is 3. The summed E-state index contributed by atoms with van der Waals surface area (Å²) in [5.41, 5.74) is 4.03. The van der Waals surface area contributed by atoms with E-state index in [1.807, 2.05) is 47.9 Å². The lowest BCUT2D eigenvalue weighted by atomic mass is 10.1. The van der Waals surface area contributed by atoms with E-state index in [1.54, 1.807) is 39.5 Å². The average molecular weight is 508 g/mol. The number of nitrogens with one attached hydrogen (secondary N) is 1. The lowest BCUT2D eigenvalue weighted by Gasteiger charge is -2.15. The number of nitrogens with zero attached hydrogens (tertiary/aromatic N) is 4. The van der Waals surface area contributed by atoms with Crippen molar-refractivity contribution in [2.75, 3.05) is 27.1 Å². The summed E-state index contributed by atoms with van der Waals surface area (Å²) in [6.45, 7) is 1.84. The van der Waals surface area contributed by atoms with Crippen LogP contribution in [0.5, 0.6) is 17.2 Å². The van der Waals surface area contributed by atoms with Crippen molar-refractivity contribution in [2.45, 2.75) is 12.1 Å². The minimum absolute atomic E-state index is 0.0781. The molecule has 0 aliphatic heterocycles. The Morgan fingerprint density at radius 1 is 1.06 bits per heavy atom. The smallest absolute Gasteiger partial charge is 0.250 e. The quantitative estimate of drug-likeness (QED) is 0.194. The Morgan fingerprint density at radius 2 is 1.78 bits per heavy atom. The van der Waals surface area contributed by atoms with Crippen LogP contribution in [-0.2, 0) is 4.79 Å². The van der Waals surface area contributed by atoms with E-state index in [4.69, 9.17) is 18.6 Å². The maximum absolute atomic E-state index is 12.4. The van der Waals surface area contributed by atoms with Crippen LogP contribution < -0.4 is 19.6 Å². The predicted octanol–water partition coefficient (Wildman–Crippen LogP) is 4.10. The topological polar surface area (TPSA) is 113 Å². The van der Waals surface area contributed by atoms with E-state index in [1.165, 1.54) is 18.0 Å². The molecule has 2 aromatic carbocycles. The third kappa shape index (κ3) is 5.52. The number of hydrogen-bond acceptors (Lipinski definition) is 9. The first-order valence-electron chi connectivity index (χ1n) is 10.9. The first-order valence-corrected chi connectivity index (χ1v) is 11.8. The highest BCUT2D eigenvalue weighted by molar-refractivity contribution is 7.99. The molecule has 0 aliphatic carbocycles. The van der Waals surface area contributed by atoms with Gasteiger partial charge in [0.2, 0.25) is 5.75 Å². The van der Waals surface area contributed by atoms with Gasteiger partial charge in [0, 0.05) is 11.3 Å². The SMILES string of the molecule is COc1cc(-c2nnc(SCC(=O)N/N=C/c3ccc(C)o3)n2-c2ccccc2)cc(OC)c1OC. The summed E-state index contributed by atoms with van der Waals surface area (Å²) in [6.07, 6.45) is 1.45. The van der Waals surface area contributed by atoms with Gasteiger partial charge in [-0.25, -0.2) is 5.43 Å². The van der Waals surface area contributed by atoms with Crippen molar-refractivity contribution in [1.82, 2.24) is 20.2 Å². The number of rotatable bonds is 10. The first-order chi connectivity index (χ1) is 17.5. The number of thioether (sulfide) groups is 1. The number of carbonyl (C=O) groups excluding carboxylic acids is 1. The molecule has 0 saturated carbocycles. The van der Waals surface area contributed by atoms with E-state index in [0.717, 1.165) is 11.4 Å². The van der Waals surface area contributed by atoms with Gasteiger partial charge in [-0.2, -0.15) is 5.10 Å². The lowest BCUT2D eigenvalue weighted by Crippen LogP contribution is -2.19. The van der Waals surface area contributed by atoms with Crippen molar-refractivity contribution in [1.29, 1.82) is 0 Å². The minimum atomic E-state index is -0.295. The molecule has 11 heteroatoms. The maximum atomic E-state index is 12.4. The van der Waals surface area contributed by atoms with Gasteiger partial charge in [-0.3, -0.25) is 9.36 Å². The number of amides is 1. The fourth-order valence-corrected chi connectivity index (χ4v) is 4.17. The Morgan fingerprint density at radius 3 is 2.39 bits per heavy atom. The van der Waals surface area contributed by atoms with Gasteiger partial charge in [0.15, 0.2) is 22.5 Å². The summed E-state index contributed by atoms with van der Waals surface area (Å²) in [7, 11) is 4.66. The standard InChI is InChI=1S/C25H25N5O5S/c1-16-10-11-19(35-16)14-26-27-22(31)15-36-25-29-28-24(30(25)18-8-6-5-7-9-18)17-12-20(32-2)23(34-4)21(13-17)33-3/h5-14H,15H2,1-4H3,(H,27,31)/b26-14+. The molecule has 186 valence electrons. The molecule has 0 saturated heterocycles. The number of aromatic nitrogens is 3. The second kappa shape index (κ2) is 11.5. The minimum Gasteiger partial charge on any atom is -0.493 e. The zero-order chi connectivity index (χ0) is 25.5.